The second-order valence-corrected chi connectivity index (χ2v) is 8.70. The number of hydrogen-bond donors (Lipinski definition) is 1. The van der Waals surface area contributed by atoms with E-state index in [2.05, 4.69) is 34.8 Å². The summed E-state index contributed by atoms with van der Waals surface area (Å²) in [4.78, 5) is 0. The fourth-order valence-electron chi connectivity index (χ4n) is 3.58. The smallest absolute Gasteiger partial charge is 0.180 e. The normalized spacial score (nSPS) is 11.2. The molecule has 0 saturated heterocycles. The molecule has 0 unspecified atom stereocenters. The van der Waals surface area contributed by atoms with Crippen molar-refractivity contribution in [2.45, 2.75) is 20.1 Å². The van der Waals surface area contributed by atoms with E-state index in [0.29, 0.717) is 46.3 Å². The molecule has 7 heteroatoms. The molecule has 0 aliphatic heterocycles. The summed E-state index contributed by atoms with van der Waals surface area (Å²) < 4.78 is 11.9. The Kier molecular flexibility index (Phi) is 8.17. The van der Waals surface area contributed by atoms with Gasteiger partial charge in [0.25, 0.3) is 0 Å². The zero-order valence-corrected chi connectivity index (χ0v) is 20.8. The minimum atomic E-state index is 0.370. The summed E-state index contributed by atoms with van der Waals surface area (Å²) in [6.07, 6.45) is 1.66. The highest BCUT2D eigenvalue weighted by atomic mass is 35.5. The fraction of sp³-hybridized carbons (Fsp3) is 0.148. The molecule has 0 saturated carbocycles. The minimum absolute atomic E-state index is 0.370. The second-order valence-electron chi connectivity index (χ2n) is 7.48. The molecule has 4 aromatic carbocycles. The number of rotatable bonds is 9. The van der Waals surface area contributed by atoms with Crippen molar-refractivity contribution in [2.24, 2.45) is 5.10 Å². The number of hydrazone groups is 1. The van der Waals surface area contributed by atoms with Crippen molar-refractivity contribution < 1.29 is 9.47 Å². The van der Waals surface area contributed by atoms with Gasteiger partial charge < -0.3 is 14.9 Å². The number of halogens is 3. The van der Waals surface area contributed by atoms with Gasteiger partial charge in [-0.1, -0.05) is 83.3 Å². The molecule has 0 spiro atoms. The Hall–Kier alpha value is -2.92. The Morgan fingerprint density at radius 1 is 0.853 bits per heavy atom. The Bertz CT molecular complexity index is 1300. The van der Waals surface area contributed by atoms with Crippen LogP contribution >= 0.6 is 34.8 Å². The summed E-state index contributed by atoms with van der Waals surface area (Å²) in [5.41, 5.74) is 5.59. The monoisotopic (exact) mass is 512 g/mol. The van der Waals surface area contributed by atoms with Gasteiger partial charge in [-0.05, 0) is 53.1 Å². The lowest BCUT2D eigenvalue weighted by atomic mass is 10.1. The first kappa shape index (κ1) is 24.2. The van der Waals surface area contributed by atoms with Crippen LogP contribution in [0.4, 0.5) is 0 Å². The Labute approximate surface area is 214 Å². The van der Waals surface area contributed by atoms with Crippen LogP contribution < -0.4 is 14.9 Å². The van der Waals surface area contributed by atoms with Crippen LogP contribution in [-0.4, -0.2) is 12.8 Å². The first-order chi connectivity index (χ1) is 16.6. The highest BCUT2D eigenvalue weighted by molar-refractivity contribution is 6.36. The largest absolute Gasteiger partial charge is 0.490 e. The minimum Gasteiger partial charge on any atom is -0.490 e. The molecule has 0 radical (unpaired) electrons. The standard InChI is InChI=1S/C27H23Cl3N2O2/c1-2-33-26-14-18(15-31-32-16-22-23(28)11-6-12-24(22)29)13-25(30)27(26)34-17-20-9-5-8-19-7-3-4-10-21(19)20/h3-15,32H,2,16-17H2,1H3/b31-15-. The molecule has 4 rings (SSSR count). The summed E-state index contributed by atoms with van der Waals surface area (Å²) in [6, 6.07) is 23.4. The molecule has 0 heterocycles. The lowest BCUT2D eigenvalue weighted by Crippen LogP contribution is -2.07. The zero-order chi connectivity index (χ0) is 23.9. The van der Waals surface area contributed by atoms with E-state index in [-0.39, 0.29) is 0 Å². The summed E-state index contributed by atoms with van der Waals surface area (Å²) in [6.45, 7) is 3.16. The van der Waals surface area contributed by atoms with Crippen molar-refractivity contribution in [1.29, 1.82) is 0 Å². The SMILES string of the molecule is CCOc1cc(/C=N\NCc2c(Cl)cccc2Cl)cc(Cl)c1OCc1cccc2ccccc12. The average molecular weight is 514 g/mol. The van der Waals surface area contributed by atoms with Gasteiger partial charge in [-0.25, -0.2) is 0 Å². The molecule has 4 aromatic rings. The number of fused-ring (bicyclic) bond motifs is 1. The Balaban J connectivity index is 1.49. The van der Waals surface area contributed by atoms with E-state index in [1.54, 1.807) is 30.5 Å². The molecule has 0 fully saturated rings. The van der Waals surface area contributed by atoms with Crippen molar-refractivity contribution >= 4 is 51.8 Å². The van der Waals surface area contributed by atoms with Crippen molar-refractivity contribution in [3.05, 3.63) is 105 Å². The summed E-state index contributed by atoms with van der Waals surface area (Å²) in [5, 5.41) is 8.20. The molecule has 34 heavy (non-hydrogen) atoms. The maximum absolute atomic E-state index is 6.58. The van der Waals surface area contributed by atoms with E-state index in [1.165, 1.54) is 0 Å². The molecule has 0 atom stereocenters. The van der Waals surface area contributed by atoms with Gasteiger partial charge in [0.05, 0.1) is 24.4 Å². The van der Waals surface area contributed by atoms with E-state index in [9.17, 15) is 0 Å². The third kappa shape index (κ3) is 5.76. The van der Waals surface area contributed by atoms with Crippen molar-refractivity contribution in [3.8, 4) is 11.5 Å². The summed E-state index contributed by atoms with van der Waals surface area (Å²) >= 11 is 19.0. The lowest BCUT2D eigenvalue weighted by Gasteiger charge is -2.15. The van der Waals surface area contributed by atoms with Crippen molar-refractivity contribution in [1.82, 2.24) is 5.43 Å². The summed E-state index contributed by atoms with van der Waals surface area (Å²) in [5.74, 6) is 1.07. The molecular weight excluding hydrogens is 491 g/mol. The summed E-state index contributed by atoms with van der Waals surface area (Å²) in [7, 11) is 0. The zero-order valence-electron chi connectivity index (χ0n) is 18.5. The lowest BCUT2D eigenvalue weighted by molar-refractivity contribution is 0.270. The first-order valence-corrected chi connectivity index (χ1v) is 11.9. The van der Waals surface area contributed by atoms with E-state index in [4.69, 9.17) is 44.3 Å². The fourth-order valence-corrected chi connectivity index (χ4v) is 4.38. The van der Waals surface area contributed by atoms with Crippen LogP contribution in [0.5, 0.6) is 11.5 Å². The third-order valence-corrected chi connectivity index (χ3v) is 6.20. The van der Waals surface area contributed by atoms with E-state index >= 15 is 0 Å². The molecule has 1 N–H and O–H groups in total. The topological polar surface area (TPSA) is 42.8 Å². The predicted octanol–water partition coefficient (Wildman–Crippen LogP) is 7.90. The van der Waals surface area contributed by atoms with E-state index in [0.717, 1.165) is 27.5 Å². The third-order valence-electron chi connectivity index (χ3n) is 5.21. The van der Waals surface area contributed by atoms with Crippen LogP contribution in [-0.2, 0) is 13.2 Å². The molecule has 0 bridgehead atoms. The van der Waals surface area contributed by atoms with Gasteiger partial charge in [0.2, 0.25) is 0 Å². The van der Waals surface area contributed by atoms with E-state index < -0.39 is 0 Å². The van der Waals surface area contributed by atoms with E-state index in [1.807, 2.05) is 31.2 Å². The molecule has 0 amide bonds. The number of ether oxygens (including phenoxy) is 2. The number of benzene rings is 4. The maximum atomic E-state index is 6.58. The highest BCUT2D eigenvalue weighted by Crippen LogP contribution is 2.37. The van der Waals surface area contributed by atoms with Crippen LogP contribution in [0.1, 0.15) is 23.6 Å². The quantitative estimate of drug-likeness (QED) is 0.183. The molecule has 174 valence electrons. The van der Waals surface area contributed by atoms with Gasteiger partial charge in [0, 0.05) is 15.6 Å². The molecule has 0 aromatic heterocycles. The highest BCUT2D eigenvalue weighted by Gasteiger charge is 2.13. The van der Waals surface area contributed by atoms with Crippen LogP contribution in [0, 0.1) is 0 Å². The molecular formula is C27H23Cl3N2O2. The number of nitrogens with zero attached hydrogens (tertiary/aromatic N) is 1. The first-order valence-electron chi connectivity index (χ1n) is 10.8. The van der Waals surface area contributed by atoms with Gasteiger partial charge in [-0.15, -0.1) is 0 Å². The van der Waals surface area contributed by atoms with Crippen molar-refractivity contribution in [3.63, 3.8) is 0 Å². The van der Waals surface area contributed by atoms with Crippen LogP contribution in [0.3, 0.4) is 0 Å². The molecule has 4 nitrogen and oxygen atoms in total. The predicted molar refractivity (Wildman–Crippen MR) is 142 cm³/mol. The number of hydrogen-bond acceptors (Lipinski definition) is 4. The van der Waals surface area contributed by atoms with Gasteiger partial charge in [0.15, 0.2) is 11.5 Å². The average Bonchev–Trinajstić information content (AvgIpc) is 2.83. The Morgan fingerprint density at radius 3 is 2.38 bits per heavy atom. The number of nitrogens with one attached hydrogen (secondary N) is 1. The molecule has 0 aliphatic rings. The van der Waals surface area contributed by atoms with Crippen molar-refractivity contribution in [2.75, 3.05) is 6.61 Å². The van der Waals surface area contributed by atoms with Gasteiger partial charge in [0.1, 0.15) is 6.61 Å². The second kappa shape index (κ2) is 11.5. The molecule has 0 aliphatic carbocycles. The van der Waals surface area contributed by atoms with Gasteiger partial charge in [-0.3, -0.25) is 0 Å². The Morgan fingerprint density at radius 2 is 1.59 bits per heavy atom. The maximum Gasteiger partial charge on any atom is 0.180 e. The van der Waals surface area contributed by atoms with Gasteiger partial charge in [-0.2, -0.15) is 5.10 Å². The van der Waals surface area contributed by atoms with Gasteiger partial charge >= 0.3 is 0 Å². The van der Waals surface area contributed by atoms with Crippen LogP contribution in [0.25, 0.3) is 10.8 Å². The van der Waals surface area contributed by atoms with Crippen LogP contribution in [0.15, 0.2) is 77.9 Å². The van der Waals surface area contributed by atoms with Crippen LogP contribution in [0.2, 0.25) is 15.1 Å².